The van der Waals surface area contributed by atoms with Crippen molar-refractivity contribution in [2.75, 3.05) is 5.73 Å². The van der Waals surface area contributed by atoms with Crippen LogP contribution in [0.2, 0.25) is 0 Å². The van der Waals surface area contributed by atoms with Crippen molar-refractivity contribution >= 4 is 17.0 Å². The molecule has 0 unspecified atom stereocenters. The third kappa shape index (κ3) is 3.16. The third-order valence-electron chi connectivity index (χ3n) is 5.98. The highest BCUT2D eigenvalue weighted by molar-refractivity contribution is 5.82. The van der Waals surface area contributed by atoms with Crippen molar-refractivity contribution in [3.8, 4) is 17.1 Å². The van der Waals surface area contributed by atoms with E-state index in [9.17, 15) is 0 Å². The molecule has 3 heterocycles. The van der Waals surface area contributed by atoms with Gasteiger partial charge < -0.3 is 5.73 Å². The Bertz CT molecular complexity index is 1150. The number of nitrogens with two attached hydrogens (primary N) is 1. The van der Waals surface area contributed by atoms with E-state index < -0.39 is 0 Å². The van der Waals surface area contributed by atoms with Crippen LogP contribution in [0.1, 0.15) is 49.8 Å². The van der Waals surface area contributed by atoms with Crippen molar-refractivity contribution in [3.05, 3.63) is 66.0 Å². The molecule has 0 spiro atoms. The first-order valence-corrected chi connectivity index (χ1v) is 10.4. The average molecular weight is 383 g/mol. The molecule has 3 aromatic heterocycles. The maximum Gasteiger partial charge on any atom is 0.165 e. The number of fused-ring (bicyclic) bond motifs is 1. The van der Waals surface area contributed by atoms with Crippen LogP contribution in [0.25, 0.3) is 28.2 Å². The van der Waals surface area contributed by atoms with E-state index in [1.54, 1.807) is 6.20 Å². The van der Waals surface area contributed by atoms with Crippen LogP contribution in [0.4, 0.5) is 5.82 Å². The van der Waals surface area contributed by atoms with Crippen molar-refractivity contribution in [2.45, 2.75) is 44.9 Å². The minimum Gasteiger partial charge on any atom is -0.383 e. The highest BCUT2D eigenvalue weighted by Gasteiger charge is 2.22. The van der Waals surface area contributed by atoms with Gasteiger partial charge in [0.25, 0.3) is 0 Å². The molecular weight excluding hydrogens is 358 g/mol. The normalized spacial score (nSPS) is 14.7. The number of rotatable bonds is 4. The predicted octanol–water partition coefficient (Wildman–Crippen LogP) is 5.28. The second-order valence-electron chi connectivity index (χ2n) is 7.79. The zero-order valence-electron chi connectivity index (χ0n) is 16.7. The summed E-state index contributed by atoms with van der Waals surface area (Å²) >= 11 is 0. The number of hydrogen-bond donors (Lipinski definition) is 1. The van der Waals surface area contributed by atoms with Gasteiger partial charge in [-0.2, -0.15) is 0 Å². The van der Waals surface area contributed by atoms with Crippen molar-refractivity contribution < 1.29 is 0 Å². The first-order valence-electron chi connectivity index (χ1n) is 10.4. The maximum atomic E-state index is 6.21. The van der Waals surface area contributed by atoms with E-state index in [4.69, 9.17) is 15.7 Å². The van der Waals surface area contributed by atoms with Gasteiger partial charge in [-0.15, -0.1) is 0 Å². The topological polar surface area (TPSA) is 69.6 Å². The summed E-state index contributed by atoms with van der Waals surface area (Å²) in [4.78, 5) is 14.3. The molecule has 0 bridgehead atoms. The van der Waals surface area contributed by atoms with Crippen LogP contribution in [0.3, 0.4) is 0 Å². The van der Waals surface area contributed by atoms with Crippen LogP contribution in [-0.2, 0) is 6.42 Å². The number of aromatic nitrogens is 4. The van der Waals surface area contributed by atoms with Gasteiger partial charge in [0.05, 0.1) is 5.56 Å². The highest BCUT2D eigenvalue weighted by Crippen LogP contribution is 2.35. The number of benzene rings is 1. The molecule has 0 radical (unpaired) electrons. The number of pyridine rings is 2. The quantitative estimate of drug-likeness (QED) is 0.520. The molecule has 4 aromatic rings. The number of nitrogen functional groups attached to an aromatic ring is 1. The van der Waals surface area contributed by atoms with Crippen molar-refractivity contribution in [1.29, 1.82) is 0 Å². The number of aryl methyl sites for hydroxylation is 1. The van der Waals surface area contributed by atoms with Gasteiger partial charge in [0, 0.05) is 23.5 Å². The molecular formula is C24H25N5. The summed E-state index contributed by atoms with van der Waals surface area (Å²) < 4.78 is 2.13. The lowest BCUT2D eigenvalue weighted by atomic mass is 10.0. The second-order valence-corrected chi connectivity index (χ2v) is 7.79. The molecule has 5 nitrogen and oxygen atoms in total. The van der Waals surface area contributed by atoms with Crippen LogP contribution in [0, 0.1) is 0 Å². The van der Waals surface area contributed by atoms with Crippen LogP contribution in [0.5, 0.6) is 0 Å². The van der Waals surface area contributed by atoms with Crippen molar-refractivity contribution in [3.63, 3.8) is 0 Å². The van der Waals surface area contributed by atoms with E-state index in [1.165, 1.54) is 36.9 Å². The third-order valence-corrected chi connectivity index (χ3v) is 5.98. The van der Waals surface area contributed by atoms with Gasteiger partial charge in [-0.05, 0) is 61.2 Å². The molecule has 5 heteroatoms. The summed E-state index contributed by atoms with van der Waals surface area (Å²) in [5, 5.41) is 0. The minimum atomic E-state index is 0.477. The molecule has 0 saturated heterocycles. The number of hydrogen-bond acceptors (Lipinski definition) is 4. The summed E-state index contributed by atoms with van der Waals surface area (Å²) in [6.45, 7) is 2.17. The van der Waals surface area contributed by atoms with Gasteiger partial charge in [0.2, 0.25) is 0 Å². The van der Waals surface area contributed by atoms with E-state index in [1.807, 2.05) is 12.1 Å². The zero-order chi connectivity index (χ0) is 19.8. The Balaban J connectivity index is 1.75. The minimum absolute atomic E-state index is 0.477. The van der Waals surface area contributed by atoms with Gasteiger partial charge in [-0.1, -0.05) is 31.9 Å². The van der Waals surface area contributed by atoms with Gasteiger partial charge in [-0.3, -0.25) is 4.57 Å². The average Bonchev–Trinajstić information content (AvgIpc) is 3.42. The summed E-state index contributed by atoms with van der Waals surface area (Å²) in [7, 11) is 0. The first kappa shape index (κ1) is 17.9. The molecule has 1 saturated carbocycles. The Morgan fingerprint density at radius 3 is 2.52 bits per heavy atom. The standard InChI is InChI=1S/C24H25N5/c1-2-16-9-11-18(12-10-16)29-23(19-8-5-15-26-22(19)25)28-21-14-13-20(27-24(21)29)17-6-3-4-7-17/h5,8-15,17H,2-4,6-7H2,1H3,(H2,25,26). The van der Waals surface area contributed by atoms with Gasteiger partial charge in [-0.25, -0.2) is 15.0 Å². The molecule has 29 heavy (non-hydrogen) atoms. The Labute approximate surface area is 170 Å². The van der Waals surface area contributed by atoms with Crippen LogP contribution < -0.4 is 5.73 Å². The molecule has 1 aliphatic carbocycles. The summed E-state index contributed by atoms with van der Waals surface area (Å²) in [5.41, 5.74) is 12.3. The van der Waals surface area contributed by atoms with E-state index >= 15 is 0 Å². The highest BCUT2D eigenvalue weighted by atomic mass is 15.1. The lowest BCUT2D eigenvalue weighted by molar-refractivity contribution is 0.700. The molecule has 5 rings (SSSR count). The lowest BCUT2D eigenvalue weighted by Gasteiger charge is -2.12. The Morgan fingerprint density at radius 1 is 1.00 bits per heavy atom. The molecule has 1 aliphatic rings. The number of nitrogens with zero attached hydrogens (tertiary/aromatic N) is 4. The largest absolute Gasteiger partial charge is 0.383 e. The summed E-state index contributed by atoms with van der Waals surface area (Å²) in [6, 6.07) is 16.7. The number of imidazole rings is 1. The Hall–Kier alpha value is -3.21. The molecule has 0 atom stereocenters. The molecule has 0 amide bonds. The second kappa shape index (κ2) is 7.32. The SMILES string of the molecule is CCc1ccc(-n2c(-c3cccnc3N)nc3ccc(C4CCCC4)nc32)cc1. The van der Waals surface area contributed by atoms with Crippen molar-refractivity contribution in [1.82, 2.24) is 19.5 Å². The Kier molecular flexibility index (Phi) is 4.51. The fourth-order valence-corrected chi connectivity index (χ4v) is 4.33. The predicted molar refractivity (Wildman–Crippen MR) is 117 cm³/mol. The van der Waals surface area contributed by atoms with Crippen LogP contribution in [-0.4, -0.2) is 19.5 Å². The van der Waals surface area contributed by atoms with Gasteiger partial charge >= 0.3 is 0 Å². The molecule has 2 N–H and O–H groups in total. The van der Waals surface area contributed by atoms with E-state index in [0.29, 0.717) is 11.7 Å². The van der Waals surface area contributed by atoms with E-state index in [-0.39, 0.29) is 0 Å². The molecule has 1 aromatic carbocycles. The van der Waals surface area contributed by atoms with Crippen molar-refractivity contribution in [2.24, 2.45) is 0 Å². The van der Waals surface area contributed by atoms with E-state index in [2.05, 4.69) is 52.9 Å². The fourth-order valence-electron chi connectivity index (χ4n) is 4.33. The van der Waals surface area contributed by atoms with E-state index in [0.717, 1.165) is 34.7 Å². The molecule has 0 aliphatic heterocycles. The number of anilines is 1. The molecule has 1 fully saturated rings. The molecule has 146 valence electrons. The van der Waals surface area contributed by atoms with Crippen LogP contribution in [0.15, 0.2) is 54.7 Å². The zero-order valence-corrected chi connectivity index (χ0v) is 16.7. The summed E-state index contributed by atoms with van der Waals surface area (Å²) in [6.07, 6.45) is 7.75. The monoisotopic (exact) mass is 383 g/mol. The lowest BCUT2D eigenvalue weighted by Crippen LogP contribution is -2.03. The van der Waals surface area contributed by atoms with Crippen LogP contribution >= 0.6 is 0 Å². The first-order chi connectivity index (χ1) is 14.2. The fraction of sp³-hybridized carbons (Fsp3) is 0.292. The Morgan fingerprint density at radius 2 is 1.79 bits per heavy atom. The maximum absolute atomic E-state index is 6.21. The smallest absolute Gasteiger partial charge is 0.165 e. The van der Waals surface area contributed by atoms with Gasteiger partial charge in [0.1, 0.15) is 11.3 Å². The van der Waals surface area contributed by atoms with Gasteiger partial charge in [0.15, 0.2) is 11.5 Å². The summed E-state index contributed by atoms with van der Waals surface area (Å²) in [5.74, 6) is 1.81.